The molecule has 0 bridgehead atoms. The molecular weight excluding hydrogens is 202 g/mol. The fourth-order valence-corrected chi connectivity index (χ4v) is 2.04. The summed E-state index contributed by atoms with van der Waals surface area (Å²) in [4.78, 5) is 0. The van der Waals surface area contributed by atoms with Gasteiger partial charge in [-0.05, 0) is 36.4 Å². The maximum atomic E-state index is 5.49. The summed E-state index contributed by atoms with van der Waals surface area (Å²) in [5.74, 6) is 1.85. The number of unbranched alkanes of at least 4 members (excludes halogenated alkanes) is 1. The Hall–Kier alpha value is -0.420. The van der Waals surface area contributed by atoms with Crippen molar-refractivity contribution in [3.05, 3.63) is 6.07 Å². The van der Waals surface area contributed by atoms with Crippen LogP contribution in [0.25, 0.3) is 0 Å². The summed E-state index contributed by atoms with van der Waals surface area (Å²) in [6.07, 6.45) is 4.61. The van der Waals surface area contributed by atoms with Gasteiger partial charge in [0.2, 0.25) is 0 Å². The Balaban J connectivity index is 2.06. The van der Waals surface area contributed by atoms with Gasteiger partial charge in [0.1, 0.15) is 10.8 Å². The largest absolute Gasteiger partial charge is 0.383 e. The van der Waals surface area contributed by atoms with Crippen molar-refractivity contribution >= 4 is 34.1 Å². The van der Waals surface area contributed by atoms with E-state index in [1.165, 1.54) is 30.1 Å². The number of nitrogens with one attached hydrogen (secondary N) is 1. The standard InChI is InChI=1S/C8H15N3S2/c1-12-5-3-2-4-10-8-6-7(9)11-13-8/h6,10H,2-5H2,1H3,(H2,9,11). The summed E-state index contributed by atoms with van der Waals surface area (Å²) in [6, 6.07) is 1.87. The highest BCUT2D eigenvalue weighted by Gasteiger charge is 1.96. The highest BCUT2D eigenvalue weighted by atomic mass is 32.2. The molecule has 3 N–H and O–H groups in total. The van der Waals surface area contributed by atoms with Gasteiger partial charge in [0, 0.05) is 12.6 Å². The third-order valence-corrected chi connectivity index (χ3v) is 3.06. The van der Waals surface area contributed by atoms with E-state index in [1.54, 1.807) is 0 Å². The molecule has 3 nitrogen and oxygen atoms in total. The highest BCUT2D eigenvalue weighted by Crippen LogP contribution is 2.17. The van der Waals surface area contributed by atoms with E-state index in [2.05, 4.69) is 15.9 Å². The lowest BCUT2D eigenvalue weighted by molar-refractivity contribution is 0.845. The van der Waals surface area contributed by atoms with Crippen LogP contribution >= 0.6 is 23.3 Å². The van der Waals surface area contributed by atoms with E-state index in [4.69, 9.17) is 5.73 Å². The van der Waals surface area contributed by atoms with Gasteiger partial charge in [-0.3, -0.25) is 0 Å². The van der Waals surface area contributed by atoms with Crippen molar-refractivity contribution in [3.8, 4) is 0 Å². The van der Waals surface area contributed by atoms with Crippen LogP contribution in [0, 0.1) is 0 Å². The van der Waals surface area contributed by atoms with Crippen LogP contribution in [0.15, 0.2) is 6.07 Å². The second-order valence-corrected chi connectivity index (χ2v) is 4.53. The van der Waals surface area contributed by atoms with E-state index in [1.807, 2.05) is 17.8 Å². The lowest BCUT2D eigenvalue weighted by Crippen LogP contribution is -1.99. The van der Waals surface area contributed by atoms with E-state index < -0.39 is 0 Å². The molecule has 0 radical (unpaired) electrons. The van der Waals surface area contributed by atoms with Crippen molar-refractivity contribution in [2.24, 2.45) is 0 Å². The van der Waals surface area contributed by atoms with Crippen LogP contribution < -0.4 is 11.1 Å². The van der Waals surface area contributed by atoms with E-state index in [9.17, 15) is 0 Å². The van der Waals surface area contributed by atoms with Crippen LogP contribution in [0.4, 0.5) is 10.8 Å². The fraction of sp³-hybridized carbons (Fsp3) is 0.625. The van der Waals surface area contributed by atoms with Crippen LogP contribution in [0.5, 0.6) is 0 Å². The number of aromatic nitrogens is 1. The van der Waals surface area contributed by atoms with E-state index in [-0.39, 0.29) is 0 Å². The molecule has 0 saturated carbocycles. The lowest BCUT2D eigenvalue weighted by Gasteiger charge is -2.01. The first-order chi connectivity index (χ1) is 6.33. The third kappa shape index (κ3) is 4.38. The average molecular weight is 217 g/mol. The van der Waals surface area contributed by atoms with Gasteiger partial charge in [-0.1, -0.05) is 0 Å². The predicted molar refractivity (Wildman–Crippen MR) is 62.6 cm³/mol. The second-order valence-electron chi connectivity index (χ2n) is 2.74. The van der Waals surface area contributed by atoms with Gasteiger partial charge >= 0.3 is 0 Å². The average Bonchev–Trinajstić information content (AvgIpc) is 2.51. The van der Waals surface area contributed by atoms with Gasteiger partial charge < -0.3 is 11.1 Å². The first kappa shape index (κ1) is 10.7. The van der Waals surface area contributed by atoms with Crippen molar-refractivity contribution in [2.75, 3.05) is 29.6 Å². The van der Waals surface area contributed by atoms with Crippen LogP contribution in [0.1, 0.15) is 12.8 Å². The van der Waals surface area contributed by atoms with Gasteiger partial charge in [0.05, 0.1) is 0 Å². The molecule has 0 aliphatic rings. The molecular formula is C8H15N3S2. The van der Waals surface area contributed by atoms with Gasteiger partial charge in [-0.25, -0.2) is 0 Å². The number of rotatable bonds is 6. The molecule has 1 aromatic rings. The summed E-state index contributed by atoms with van der Waals surface area (Å²) in [6.45, 7) is 1.02. The smallest absolute Gasteiger partial charge is 0.139 e. The Labute approximate surface area is 87.3 Å². The number of anilines is 2. The molecule has 0 aliphatic carbocycles. The molecule has 0 aliphatic heterocycles. The van der Waals surface area contributed by atoms with Crippen LogP contribution in [0.3, 0.4) is 0 Å². The molecule has 0 amide bonds. The number of nitrogens with zero attached hydrogens (tertiary/aromatic N) is 1. The Kier molecular flexibility index (Phi) is 5.00. The summed E-state index contributed by atoms with van der Waals surface area (Å²) in [5.41, 5.74) is 5.49. The molecule has 1 aromatic heterocycles. The summed E-state index contributed by atoms with van der Waals surface area (Å²) in [7, 11) is 0. The van der Waals surface area contributed by atoms with Gasteiger partial charge in [-0.2, -0.15) is 16.1 Å². The van der Waals surface area contributed by atoms with E-state index in [0.717, 1.165) is 11.5 Å². The van der Waals surface area contributed by atoms with Crippen molar-refractivity contribution < 1.29 is 0 Å². The normalized spacial score (nSPS) is 10.2. The van der Waals surface area contributed by atoms with Gasteiger partial charge in [-0.15, -0.1) is 0 Å². The highest BCUT2D eigenvalue weighted by molar-refractivity contribution is 7.98. The molecule has 0 saturated heterocycles. The Morgan fingerprint density at radius 3 is 3.08 bits per heavy atom. The van der Waals surface area contributed by atoms with Crippen LogP contribution in [-0.4, -0.2) is 22.9 Å². The maximum Gasteiger partial charge on any atom is 0.139 e. The topological polar surface area (TPSA) is 50.9 Å². The van der Waals surface area contributed by atoms with E-state index >= 15 is 0 Å². The molecule has 13 heavy (non-hydrogen) atoms. The zero-order chi connectivity index (χ0) is 9.52. The first-order valence-corrected chi connectivity index (χ1v) is 6.44. The van der Waals surface area contributed by atoms with Crippen molar-refractivity contribution in [1.82, 2.24) is 4.37 Å². The summed E-state index contributed by atoms with van der Waals surface area (Å²) in [5, 5.41) is 4.36. The van der Waals surface area contributed by atoms with Crippen molar-refractivity contribution in [1.29, 1.82) is 0 Å². The number of nitrogen functional groups attached to an aromatic ring is 1. The molecule has 1 heterocycles. The Bertz CT molecular complexity index is 237. The molecule has 0 spiro atoms. The first-order valence-electron chi connectivity index (χ1n) is 4.28. The fourth-order valence-electron chi connectivity index (χ4n) is 0.955. The maximum absolute atomic E-state index is 5.49. The summed E-state index contributed by atoms with van der Waals surface area (Å²) < 4.78 is 3.98. The van der Waals surface area contributed by atoms with Crippen LogP contribution in [0.2, 0.25) is 0 Å². The predicted octanol–water partition coefficient (Wildman–Crippen LogP) is 2.28. The second kappa shape index (κ2) is 6.10. The SMILES string of the molecule is CSCCCCNc1cc(N)ns1. The molecule has 5 heteroatoms. The molecule has 0 unspecified atom stereocenters. The lowest BCUT2D eigenvalue weighted by atomic mass is 10.3. The van der Waals surface area contributed by atoms with Crippen LogP contribution in [-0.2, 0) is 0 Å². The van der Waals surface area contributed by atoms with Gasteiger partial charge in [0.15, 0.2) is 0 Å². The minimum absolute atomic E-state index is 0.608. The molecule has 1 rings (SSSR count). The molecule has 74 valence electrons. The summed E-state index contributed by atoms with van der Waals surface area (Å²) >= 11 is 3.32. The zero-order valence-corrected chi connectivity index (χ0v) is 9.38. The number of hydrogen-bond donors (Lipinski definition) is 2. The Morgan fingerprint density at radius 2 is 2.46 bits per heavy atom. The monoisotopic (exact) mass is 217 g/mol. The van der Waals surface area contributed by atoms with Gasteiger partial charge in [0.25, 0.3) is 0 Å². The molecule has 0 aromatic carbocycles. The van der Waals surface area contributed by atoms with Crippen molar-refractivity contribution in [3.63, 3.8) is 0 Å². The number of hydrogen-bond acceptors (Lipinski definition) is 5. The zero-order valence-electron chi connectivity index (χ0n) is 7.75. The Morgan fingerprint density at radius 1 is 1.62 bits per heavy atom. The minimum atomic E-state index is 0.608. The molecule has 0 atom stereocenters. The van der Waals surface area contributed by atoms with Crippen molar-refractivity contribution in [2.45, 2.75) is 12.8 Å². The number of thioether (sulfide) groups is 1. The number of nitrogens with two attached hydrogens (primary N) is 1. The van der Waals surface area contributed by atoms with E-state index in [0.29, 0.717) is 5.82 Å². The minimum Gasteiger partial charge on any atom is -0.383 e. The molecule has 0 fully saturated rings. The quantitative estimate of drug-likeness (QED) is 0.718. The third-order valence-electron chi connectivity index (χ3n) is 1.60.